The summed E-state index contributed by atoms with van der Waals surface area (Å²) in [5.41, 5.74) is -1.70. The lowest BCUT2D eigenvalue weighted by Crippen LogP contribution is -2.36. The minimum absolute atomic E-state index is 0.176. The molecule has 1 aliphatic rings. The van der Waals surface area contributed by atoms with Gasteiger partial charge in [-0.1, -0.05) is 6.07 Å². The van der Waals surface area contributed by atoms with Crippen molar-refractivity contribution < 1.29 is 36.2 Å². The van der Waals surface area contributed by atoms with Crippen molar-refractivity contribution in [3.05, 3.63) is 66.3 Å². The van der Waals surface area contributed by atoms with Gasteiger partial charge in [-0.2, -0.15) is 13.2 Å². The van der Waals surface area contributed by atoms with Gasteiger partial charge in [-0.25, -0.2) is 28.7 Å². The minimum atomic E-state index is -4.84. The lowest BCUT2D eigenvalue weighted by molar-refractivity contribution is -0.0667. The Morgan fingerprint density at radius 3 is 2.21 bits per heavy atom. The highest BCUT2D eigenvalue weighted by Gasteiger charge is 2.38. The first-order chi connectivity index (χ1) is 18.6. The number of rotatable bonds is 4. The van der Waals surface area contributed by atoms with Gasteiger partial charge in [-0.05, 0) is 37.5 Å². The van der Waals surface area contributed by atoms with Crippen LogP contribution >= 0.6 is 0 Å². The number of hydrogen-bond donors (Lipinski definition) is 0. The number of aromatic nitrogens is 3. The molecule has 39 heavy (non-hydrogen) atoms. The second-order valence-corrected chi connectivity index (χ2v) is 8.07. The van der Waals surface area contributed by atoms with Crippen LogP contribution in [0.5, 0.6) is 5.88 Å². The maximum atomic E-state index is 14.0. The van der Waals surface area contributed by atoms with Crippen LogP contribution in [0.3, 0.4) is 0 Å². The second kappa shape index (κ2) is 15.4. The van der Waals surface area contributed by atoms with Crippen LogP contribution in [0.15, 0.2) is 53.9 Å². The molecule has 0 atom stereocenters. The van der Waals surface area contributed by atoms with Crippen molar-refractivity contribution in [1.82, 2.24) is 19.9 Å². The number of halogens is 5. The van der Waals surface area contributed by atoms with Gasteiger partial charge in [0.05, 0.1) is 7.11 Å². The summed E-state index contributed by atoms with van der Waals surface area (Å²) in [6.07, 6.45) is 1.84. The molecule has 3 heterocycles. The summed E-state index contributed by atoms with van der Waals surface area (Å²) in [6.45, 7) is 2.00. The molecule has 1 aromatic carbocycles. The Hall–Kier alpha value is -4.00. The maximum Gasteiger partial charge on any atom is 0.449 e. The van der Waals surface area contributed by atoms with E-state index in [4.69, 9.17) is 9.47 Å². The number of nitrogens with zero attached hydrogens (tertiary/aromatic N) is 5. The molecule has 0 unspecified atom stereocenters. The number of benzene rings is 1. The average molecular weight is 554 g/mol. The van der Waals surface area contributed by atoms with Crippen molar-refractivity contribution >= 4 is 17.8 Å². The third kappa shape index (κ3) is 10.0. The number of carbonyl (C=O) groups is 1. The van der Waals surface area contributed by atoms with Gasteiger partial charge >= 0.3 is 6.18 Å². The highest BCUT2D eigenvalue weighted by atomic mass is 19.4. The van der Waals surface area contributed by atoms with Gasteiger partial charge in [0, 0.05) is 51.2 Å². The van der Waals surface area contributed by atoms with E-state index in [1.165, 1.54) is 19.3 Å². The Morgan fingerprint density at radius 2 is 1.77 bits per heavy atom. The molecule has 0 amide bonds. The molecule has 0 N–H and O–H groups in total. The predicted molar refractivity (Wildman–Crippen MR) is 135 cm³/mol. The molecule has 210 valence electrons. The van der Waals surface area contributed by atoms with Gasteiger partial charge in [0.1, 0.15) is 35.0 Å². The fourth-order valence-electron chi connectivity index (χ4n) is 3.15. The predicted octanol–water partition coefficient (Wildman–Crippen LogP) is 5.67. The molecular weight excluding hydrogens is 525 g/mol. The molecule has 1 aliphatic heterocycles. The first-order valence-corrected chi connectivity index (χ1v) is 11.7. The van der Waals surface area contributed by atoms with E-state index in [9.17, 15) is 26.7 Å². The molecule has 1 saturated heterocycles. The Labute approximate surface area is 222 Å². The van der Waals surface area contributed by atoms with E-state index in [-0.39, 0.29) is 17.5 Å². The summed E-state index contributed by atoms with van der Waals surface area (Å²) < 4.78 is 76.4. The molecule has 1 fully saturated rings. The third-order valence-electron chi connectivity index (χ3n) is 4.97. The number of alkyl halides is 3. The summed E-state index contributed by atoms with van der Waals surface area (Å²) in [4.78, 5) is 26.4. The molecule has 0 radical (unpaired) electrons. The van der Waals surface area contributed by atoms with Gasteiger partial charge in [0.25, 0.3) is 0 Å². The molecule has 2 aromatic heterocycles. The van der Waals surface area contributed by atoms with Gasteiger partial charge < -0.3 is 14.4 Å². The fourth-order valence-corrected chi connectivity index (χ4v) is 3.15. The Kier molecular flexibility index (Phi) is 12.3. The van der Waals surface area contributed by atoms with E-state index in [0.717, 1.165) is 45.8 Å². The van der Waals surface area contributed by atoms with Crippen molar-refractivity contribution in [2.75, 3.05) is 34.4 Å². The van der Waals surface area contributed by atoms with Gasteiger partial charge in [0.2, 0.25) is 11.7 Å². The molecule has 4 rings (SSSR count). The smallest absolute Gasteiger partial charge is 0.449 e. The van der Waals surface area contributed by atoms with Crippen LogP contribution in [-0.4, -0.2) is 72.6 Å². The van der Waals surface area contributed by atoms with Crippen LogP contribution in [0.2, 0.25) is 0 Å². The van der Waals surface area contributed by atoms with E-state index < -0.39 is 35.0 Å². The molecule has 0 bridgehead atoms. The van der Waals surface area contributed by atoms with Gasteiger partial charge in [-0.3, -0.25) is 4.79 Å². The fraction of sp³-hybridized carbons (Fsp3) is 0.346. The van der Waals surface area contributed by atoms with Gasteiger partial charge in [0.15, 0.2) is 6.29 Å². The van der Waals surface area contributed by atoms with Crippen LogP contribution in [0.25, 0.3) is 11.3 Å². The molecule has 0 spiro atoms. The molecule has 8 nitrogen and oxygen atoms in total. The maximum absolute atomic E-state index is 14.0. The summed E-state index contributed by atoms with van der Waals surface area (Å²) >= 11 is 0. The number of aldehydes is 1. The van der Waals surface area contributed by atoms with E-state index in [2.05, 4.69) is 19.9 Å². The SMILES string of the molecule is C1CCOCC1.CN(C)C(=Nc1c(C=O)ncnc1-c1ccc(F)cc1F)C(F)(F)F.COc1ccccn1. The summed E-state index contributed by atoms with van der Waals surface area (Å²) in [7, 11) is 3.81. The number of carbonyl (C=O) groups excluding carboxylic acids is 1. The number of pyridine rings is 1. The van der Waals surface area contributed by atoms with E-state index in [0.29, 0.717) is 16.8 Å². The molecule has 0 aliphatic carbocycles. The lowest BCUT2D eigenvalue weighted by atomic mass is 10.1. The number of methoxy groups -OCH3 is 1. The Bertz CT molecular complexity index is 1210. The Balaban J connectivity index is 0.000000306. The highest BCUT2D eigenvalue weighted by molar-refractivity contribution is 5.95. The average Bonchev–Trinajstić information content (AvgIpc) is 2.93. The van der Waals surface area contributed by atoms with Crippen molar-refractivity contribution in [3.63, 3.8) is 0 Å². The van der Waals surface area contributed by atoms with Crippen LogP contribution in [-0.2, 0) is 4.74 Å². The van der Waals surface area contributed by atoms with Crippen molar-refractivity contribution in [2.24, 2.45) is 4.99 Å². The zero-order chi connectivity index (χ0) is 28.8. The summed E-state index contributed by atoms with van der Waals surface area (Å²) in [5, 5.41) is 0. The molecule has 0 saturated carbocycles. The number of ether oxygens (including phenoxy) is 2. The third-order valence-corrected chi connectivity index (χ3v) is 4.97. The standard InChI is InChI=1S/C15H11F5N4O.C6H7NO.C5H10O/c1-24(2)14(15(18,19)20)23-13-11(6-25)21-7-22-12(13)9-4-3-8(16)5-10(9)17;1-8-6-4-2-3-5-7-6;1-2-4-6-5-3-1/h3-7H,1-2H3;2-5H,1H3;1-5H2. The first kappa shape index (κ1) is 31.2. The summed E-state index contributed by atoms with van der Waals surface area (Å²) in [6, 6.07) is 7.98. The van der Waals surface area contributed by atoms with Crippen molar-refractivity contribution in [3.8, 4) is 17.1 Å². The first-order valence-electron chi connectivity index (χ1n) is 11.7. The minimum Gasteiger partial charge on any atom is -0.481 e. The monoisotopic (exact) mass is 553 g/mol. The molecule has 3 aromatic rings. The summed E-state index contributed by atoms with van der Waals surface area (Å²) in [5.74, 6) is -2.62. The van der Waals surface area contributed by atoms with Crippen LogP contribution < -0.4 is 4.74 Å². The van der Waals surface area contributed by atoms with Crippen molar-refractivity contribution in [1.29, 1.82) is 0 Å². The zero-order valence-electron chi connectivity index (χ0n) is 21.6. The number of hydrogen-bond acceptors (Lipinski definition) is 7. The van der Waals surface area contributed by atoms with Crippen LogP contribution in [0.4, 0.5) is 27.6 Å². The van der Waals surface area contributed by atoms with Crippen LogP contribution in [0.1, 0.15) is 29.8 Å². The Morgan fingerprint density at radius 1 is 1.05 bits per heavy atom. The number of amidine groups is 1. The molecular formula is C26H28F5N5O3. The topological polar surface area (TPSA) is 89.8 Å². The van der Waals surface area contributed by atoms with Gasteiger partial charge in [-0.15, -0.1) is 0 Å². The second-order valence-electron chi connectivity index (χ2n) is 8.07. The highest BCUT2D eigenvalue weighted by Crippen LogP contribution is 2.33. The molecule has 13 heteroatoms. The largest absolute Gasteiger partial charge is 0.481 e. The quantitative estimate of drug-likeness (QED) is 0.178. The zero-order valence-corrected chi connectivity index (χ0v) is 21.6. The normalized spacial score (nSPS) is 13.3. The van der Waals surface area contributed by atoms with Crippen molar-refractivity contribution in [2.45, 2.75) is 25.4 Å². The number of aliphatic imine (C=N–C) groups is 1. The van der Waals surface area contributed by atoms with E-state index >= 15 is 0 Å². The van der Waals surface area contributed by atoms with E-state index in [1.54, 1.807) is 19.4 Å². The van der Waals surface area contributed by atoms with Crippen LogP contribution in [0, 0.1) is 11.6 Å². The lowest BCUT2D eigenvalue weighted by Gasteiger charge is -2.19. The van der Waals surface area contributed by atoms with E-state index in [1.807, 2.05) is 12.1 Å².